The first kappa shape index (κ1) is 17.7. The molecular formula is C19H17N5O4. The molecule has 1 fully saturated rings. The summed E-state index contributed by atoms with van der Waals surface area (Å²) in [6.07, 6.45) is 6.90. The Kier molecular flexibility index (Phi) is 4.08. The fourth-order valence-corrected chi connectivity index (χ4v) is 3.96. The van der Waals surface area contributed by atoms with Crippen molar-refractivity contribution in [2.45, 2.75) is 31.8 Å². The summed E-state index contributed by atoms with van der Waals surface area (Å²) in [6.45, 7) is 2.16. The number of hydrogen-bond donors (Lipinski definition) is 1. The van der Waals surface area contributed by atoms with Crippen LogP contribution in [0.5, 0.6) is 5.88 Å². The number of hydrogen-bond acceptors (Lipinski definition) is 6. The van der Waals surface area contributed by atoms with Gasteiger partial charge in [-0.15, -0.1) is 12.3 Å². The Hall–Kier alpha value is -3.72. The van der Waals surface area contributed by atoms with Crippen molar-refractivity contribution in [1.82, 2.24) is 19.0 Å². The molecule has 4 heterocycles. The highest BCUT2D eigenvalue weighted by Crippen LogP contribution is 2.48. The molecule has 142 valence electrons. The number of rotatable bonds is 3. The maximum atomic E-state index is 12.9. The van der Waals surface area contributed by atoms with E-state index in [1.807, 2.05) is 6.07 Å². The Morgan fingerprint density at radius 1 is 1.54 bits per heavy atom. The second kappa shape index (κ2) is 6.46. The lowest BCUT2D eigenvalue weighted by molar-refractivity contribution is 0.0946. The summed E-state index contributed by atoms with van der Waals surface area (Å²) < 4.78 is 7.85. The van der Waals surface area contributed by atoms with E-state index >= 15 is 0 Å². The van der Waals surface area contributed by atoms with Crippen molar-refractivity contribution < 1.29 is 14.6 Å². The van der Waals surface area contributed by atoms with Crippen molar-refractivity contribution in [2.75, 3.05) is 13.2 Å². The van der Waals surface area contributed by atoms with Gasteiger partial charge in [-0.3, -0.25) is 9.47 Å². The van der Waals surface area contributed by atoms with Gasteiger partial charge in [0.15, 0.2) is 0 Å². The number of aromatic hydroxyl groups is 1. The predicted molar refractivity (Wildman–Crippen MR) is 96.8 cm³/mol. The molecule has 28 heavy (non-hydrogen) atoms. The van der Waals surface area contributed by atoms with Gasteiger partial charge in [-0.05, 0) is 25.0 Å². The number of carbonyl (C=O) groups is 1. The van der Waals surface area contributed by atoms with Gasteiger partial charge in [-0.2, -0.15) is 5.26 Å². The first-order chi connectivity index (χ1) is 13.5. The van der Waals surface area contributed by atoms with Crippen LogP contribution in [0.15, 0.2) is 17.1 Å². The maximum Gasteiger partial charge on any atom is 0.410 e. The number of amides is 1. The van der Waals surface area contributed by atoms with Crippen LogP contribution < -0.4 is 5.69 Å². The zero-order valence-electron chi connectivity index (χ0n) is 15.1. The van der Waals surface area contributed by atoms with E-state index in [-0.39, 0.29) is 24.2 Å². The summed E-state index contributed by atoms with van der Waals surface area (Å²) in [4.78, 5) is 30.8. The third-order valence-electron chi connectivity index (χ3n) is 5.19. The molecule has 0 saturated carbocycles. The third-order valence-corrected chi connectivity index (χ3v) is 5.19. The van der Waals surface area contributed by atoms with E-state index in [2.05, 4.69) is 10.9 Å². The molecule has 9 heteroatoms. The fourth-order valence-electron chi connectivity index (χ4n) is 3.96. The van der Waals surface area contributed by atoms with Crippen LogP contribution in [0.25, 0.3) is 5.69 Å². The van der Waals surface area contributed by atoms with Crippen LogP contribution >= 0.6 is 0 Å². The maximum absolute atomic E-state index is 12.9. The molecule has 0 radical (unpaired) electrons. The van der Waals surface area contributed by atoms with Crippen LogP contribution in [0.4, 0.5) is 4.79 Å². The molecule has 2 aliphatic rings. The van der Waals surface area contributed by atoms with Gasteiger partial charge in [0.2, 0.25) is 5.88 Å². The number of nitriles is 1. The summed E-state index contributed by atoms with van der Waals surface area (Å²) in [5.74, 6) is 2.17. The Morgan fingerprint density at radius 2 is 2.32 bits per heavy atom. The molecule has 2 atom stereocenters. The van der Waals surface area contributed by atoms with Gasteiger partial charge in [0.1, 0.15) is 24.1 Å². The molecule has 1 amide bonds. The minimum Gasteiger partial charge on any atom is -0.493 e. The molecule has 1 saturated heterocycles. The van der Waals surface area contributed by atoms with Gasteiger partial charge in [-0.25, -0.2) is 19.1 Å². The molecule has 9 nitrogen and oxygen atoms in total. The average Bonchev–Trinajstić information content (AvgIpc) is 3.33. The van der Waals surface area contributed by atoms with Gasteiger partial charge in [0, 0.05) is 13.0 Å². The molecule has 2 bridgehead atoms. The van der Waals surface area contributed by atoms with E-state index in [1.165, 1.54) is 15.7 Å². The summed E-state index contributed by atoms with van der Waals surface area (Å²) in [7, 11) is 0. The lowest BCUT2D eigenvalue weighted by atomic mass is 10.2. The van der Waals surface area contributed by atoms with Crippen LogP contribution in [0.3, 0.4) is 0 Å². The third kappa shape index (κ3) is 2.44. The second-order valence-corrected chi connectivity index (χ2v) is 6.79. The first-order valence-corrected chi connectivity index (χ1v) is 8.78. The Balaban J connectivity index is 1.70. The SMILES string of the molecule is C#CCCOC(=O)N1CC2CC1c1c(O)n(-c3cnc(C#N)c(C)c3)c(=O)n12. The number of carbonyl (C=O) groups excluding carboxylic acids is 1. The normalized spacial score (nSPS) is 19.2. The molecule has 2 aromatic heterocycles. The smallest absolute Gasteiger partial charge is 0.410 e. The number of imidazole rings is 1. The largest absolute Gasteiger partial charge is 0.493 e. The molecule has 0 spiro atoms. The second-order valence-electron chi connectivity index (χ2n) is 6.79. The van der Waals surface area contributed by atoms with E-state index in [0.717, 1.165) is 4.57 Å². The quantitative estimate of drug-likeness (QED) is 0.637. The van der Waals surface area contributed by atoms with Crippen LogP contribution in [0.1, 0.15) is 41.9 Å². The van der Waals surface area contributed by atoms with Crippen LogP contribution in [0.2, 0.25) is 0 Å². The van der Waals surface area contributed by atoms with Crippen molar-refractivity contribution in [3.63, 3.8) is 0 Å². The van der Waals surface area contributed by atoms with Gasteiger partial charge < -0.3 is 9.84 Å². The highest BCUT2D eigenvalue weighted by Gasteiger charge is 2.49. The monoisotopic (exact) mass is 379 g/mol. The van der Waals surface area contributed by atoms with Gasteiger partial charge >= 0.3 is 11.8 Å². The summed E-state index contributed by atoms with van der Waals surface area (Å²) in [6, 6.07) is 2.92. The molecule has 0 aliphatic carbocycles. The average molecular weight is 379 g/mol. The molecule has 2 unspecified atom stereocenters. The van der Waals surface area contributed by atoms with Crippen molar-refractivity contribution in [3.05, 3.63) is 39.7 Å². The Bertz CT molecular complexity index is 1120. The van der Waals surface area contributed by atoms with E-state index in [0.29, 0.717) is 36.3 Å². The highest BCUT2D eigenvalue weighted by atomic mass is 16.6. The van der Waals surface area contributed by atoms with Crippen molar-refractivity contribution in [1.29, 1.82) is 5.26 Å². The minimum absolute atomic E-state index is 0.124. The molecule has 4 rings (SSSR count). The van der Waals surface area contributed by atoms with Gasteiger partial charge in [-0.1, -0.05) is 0 Å². The predicted octanol–water partition coefficient (Wildman–Crippen LogP) is 1.38. The van der Waals surface area contributed by atoms with Crippen molar-refractivity contribution >= 4 is 6.09 Å². The summed E-state index contributed by atoms with van der Waals surface area (Å²) >= 11 is 0. The standard InChI is InChI=1S/C19H17N5O4/c1-3-4-5-28-19(27)22-10-13-7-15(22)16-17(25)24(18(26)23(13)16)12-6-11(2)14(8-20)21-9-12/h1,6,9,13,15,25H,4-5,7,10H2,2H3. The van der Waals surface area contributed by atoms with E-state index in [4.69, 9.17) is 16.4 Å². The number of nitrogens with zero attached hydrogens (tertiary/aromatic N) is 5. The fraction of sp³-hybridized carbons (Fsp3) is 0.368. The zero-order valence-corrected chi connectivity index (χ0v) is 15.1. The zero-order chi connectivity index (χ0) is 20.0. The van der Waals surface area contributed by atoms with Crippen LogP contribution in [-0.2, 0) is 4.74 Å². The van der Waals surface area contributed by atoms with E-state index in [9.17, 15) is 14.7 Å². The van der Waals surface area contributed by atoms with Crippen molar-refractivity contribution in [3.8, 4) is 30.0 Å². The highest BCUT2D eigenvalue weighted by molar-refractivity contribution is 5.69. The van der Waals surface area contributed by atoms with Gasteiger partial charge in [0.25, 0.3) is 0 Å². The number of ether oxygens (including phenoxy) is 1. The van der Waals surface area contributed by atoms with Crippen LogP contribution in [-0.4, -0.2) is 43.4 Å². The summed E-state index contributed by atoms with van der Waals surface area (Å²) in [5.41, 5.74) is 1.20. The van der Waals surface area contributed by atoms with Gasteiger partial charge in [0.05, 0.1) is 24.0 Å². The molecule has 1 N–H and O–H groups in total. The van der Waals surface area contributed by atoms with Crippen LogP contribution in [0, 0.1) is 30.6 Å². The number of pyridine rings is 1. The molecule has 0 aromatic carbocycles. The first-order valence-electron chi connectivity index (χ1n) is 8.78. The molecular weight excluding hydrogens is 362 g/mol. The van der Waals surface area contributed by atoms with Crippen molar-refractivity contribution in [2.24, 2.45) is 0 Å². The topological polar surface area (TPSA) is 113 Å². The number of terminal acetylenes is 1. The number of aryl methyl sites for hydroxylation is 1. The Morgan fingerprint density at radius 3 is 3.00 bits per heavy atom. The number of aromatic nitrogens is 3. The Labute approximate surface area is 160 Å². The molecule has 2 aliphatic heterocycles. The van der Waals surface area contributed by atoms with E-state index < -0.39 is 17.8 Å². The number of fused-ring (bicyclic) bond motifs is 5. The lowest BCUT2D eigenvalue weighted by Gasteiger charge is -2.26. The summed E-state index contributed by atoms with van der Waals surface area (Å²) in [5, 5.41) is 19.8. The lowest BCUT2D eigenvalue weighted by Crippen LogP contribution is -2.38. The molecule has 2 aromatic rings. The minimum atomic E-state index is -0.510. The number of likely N-dealkylation sites (tertiary alicyclic amines) is 1. The van der Waals surface area contributed by atoms with E-state index in [1.54, 1.807) is 13.0 Å².